The second-order valence-corrected chi connectivity index (χ2v) is 11.9. The smallest absolute Gasteiger partial charge is 0.261 e. The van der Waals surface area contributed by atoms with Gasteiger partial charge in [0.25, 0.3) is 10.0 Å². The van der Waals surface area contributed by atoms with Crippen molar-refractivity contribution in [3.05, 3.63) is 48.5 Å². The summed E-state index contributed by atoms with van der Waals surface area (Å²) >= 11 is 0. The predicted molar refractivity (Wildman–Crippen MR) is 125 cm³/mol. The van der Waals surface area contributed by atoms with Crippen LogP contribution in [0.4, 0.5) is 17.1 Å². The molecule has 2 aromatic carbocycles. The Morgan fingerprint density at radius 2 is 1.06 bits per heavy atom. The van der Waals surface area contributed by atoms with E-state index in [0.29, 0.717) is 17.1 Å². The molecule has 2 aliphatic rings. The van der Waals surface area contributed by atoms with E-state index >= 15 is 0 Å². The first kappa shape index (κ1) is 22.3. The monoisotopic (exact) mass is 455 g/mol. The zero-order valence-electron chi connectivity index (χ0n) is 18.7. The SMILES string of the molecule is CC1(C)CC1C(=O)Nc1ccc(NS(=O)(=O)c2ccc(NC(=O)C3CC3(C)C)cc2)cc1. The molecule has 32 heavy (non-hydrogen) atoms. The third kappa shape index (κ3) is 4.80. The normalized spacial score (nSPS) is 22.5. The minimum absolute atomic E-state index is 0.00361. The fraction of sp³-hybridized carbons (Fsp3) is 0.417. The number of benzene rings is 2. The van der Waals surface area contributed by atoms with E-state index in [4.69, 9.17) is 0 Å². The van der Waals surface area contributed by atoms with Gasteiger partial charge in [-0.3, -0.25) is 14.3 Å². The van der Waals surface area contributed by atoms with Crippen molar-refractivity contribution >= 4 is 38.9 Å². The van der Waals surface area contributed by atoms with Crippen LogP contribution in [-0.2, 0) is 19.6 Å². The Labute approximate surface area is 189 Å². The summed E-state index contributed by atoms with van der Waals surface area (Å²) in [7, 11) is -3.79. The summed E-state index contributed by atoms with van der Waals surface area (Å²) in [6.07, 6.45) is 1.73. The molecule has 0 bridgehead atoms. The van der Waals surface area contributed by atoms with Crippen molar-refractivity contribution in [3.63, 3.8) is 0 Å². The molecule has 170 valence electrons. The Balaban J connectivity index is 1.35. The molecule has 0 radical (unpaired) electrons. The summed E-state index contributed by atoms with van der Waals surface area (Å²) in [6.45, 7) is 8.21. The Bertz CT molecular complexity index is 1150. The van der Waals surface area contributed by atoms with E-state index in [2.05, 4.69) is 29.2 Å². The first-order valence-corrected chi connectivity index (χ1v) is 12.2. The molecule has 3 N–H and O–H groups in total. The maximum absolute atomic E-state index is 12.7. The third-order valence-electron chi connectivity index (χ3n) is 6.50. The zero-order chi connectivity index (χ0) is 23.3. The van der Waals surface area contributed by atoms with Crippen LogP contribution in [0.5, 0.6) is 0 Å². The molecule has 0 aliphatic heterocycles. The highest BCUT2D eigenvalue weighted by Gasteiger charge is 2.51. The lowest BCUT2D eigenvalue weighted by Crippen LogP contribution is -2.17. The maximum Gasteiger partial charge on any atom is 0.261 e. The fourth-order valence-electron chi connectivity index (χ4n) is 3.84. The van der Waals surface area contributed by atoms with Crippen LogP contribution in [0.1, 0.15) is 40.5 Å². The second-order valence-electron chi connectivity index (χ2n) is 10.2. The van der Waals surface area contributed by atoms with Crippen LogP contribution in [0.2, 0.25) is 0 Å². The molecule has 2 saturated carbocycles. The molecule has 8 heteroatoms. The van der Waals surface area contributed by atoms with E-state index in [1.165, 1.54) is 12.1 Å². The summed E-state index contributed by atoms with van der Waals surface area (Å²) < 4.78 is 27.9. The summed E-state index contributed by atoms with van der Waals surface area (Å²) in [4.78, 5) is 24.5. The van der Waals surface area contributed by atoms with Gasteiger partial charge in [-0.2, -0.15) is 0 Å². The quantitative estimate of drug-likeness (QED) is 0.573. The number of nitrogens with one attached hydrogen (secondary N) is 3. The Kier molecular flexibility index (Phi) is 5.32. The molecule has 4 rings (SSSR count). The molecule has 0 spiro atoms. The van der Waals surface area contributed by atoms with Crippen molar-refractivity contribution in [2.75, 3.05) is 15.4 Å². The van der Waals surface area contributed by atoms with Crippen molar-refractivity contribution in [1.29, 1.82) is 0 Å². The number of carbonyl (C=O) groups excluding carboxylic acids is 2. The average molecular weight is 456 g/mol. The van der Waals surface area contributed by atoms with E-state index in [1.807, 2.05) is 13.8 Å². The van der Waals surface area contributed by atoms with E-state index in [1.54, 1.807) is 36.4 Å². The van der Waals surface area contributed by atoms with E-state index in [0.717, 1.165) is 12.8 Å². The molecule has 2 atom stereocenters. The number of carbonyl (C=O) groups is 2. The number of anilines is 3. The lowest BCUT2D eigenvalue weighted by Gasteiger charge is -2.11. The van der Waals surface area contributed by atoms with Crippen LogP contribution in [0.25, 0.3) is 0 Å². The van der Waals surface area contributed by atoms with Gasteiger partial charge in [-0.15, -0.1) is 0 Å². The maximum atomic E-state index is 12.7. The van der Waals surface area contributed by atoms with Gasteiger partial charge in [-0.05, 0) is 72.2 Å². The van der Waals surface area contributed by atoms with Gasteiger partial charge in [-0.25, -0.2) is 8.42 Å². The molecular formula is C24H29N3O4S. The van der Waals surface area contributed by atoms with Crippen LogP contribution in [0.3, 0.4) is 0 Å². The summed E-state index contributed by atoms with van der Waals surface area (Å²) in [6, 6.07) is 12.6. The minimum Gasteiger partial charge on any atom is -0.326 e. The highest BCUT2D eigenvalue weighted by Crippen LogP contribution is 2.52. The van der Waals surface area contributed by atoms with E-state index < -0.39 is 10.0 Å². The topological polar surface area (TPSA) is 104 Å². The molecule has 2 aromatic rings. The van der Waals surface area contributed by atoms with Crippen molar-refractivity contribution in [2.24, 2.45) is 22.7 Å². The largest absolute Gasteiger partial charge is 0.326 e. The number of hydrogen-bond donors (Lipinski definition) is 3. The minimum atomic E-state index is -3.79. The first-order chi connectivity index (χ1) is 14.9. The number of rotatable bonds is 7. The number of sulfonamides is 1. The van der Waals surface area contributed by atoms with Gasteiger partial charge in [0.05, 0.1) is 4.90 Å². The fourth-order valence-corrected chi connectivity index (χ4v) is 4.90. The zero-order valence-corrected chi connectivity index (χ0v) is 19.5. The van der Waals surface area contributed by atoms with Crippen molar-refractivity contribution in [3.8, 4) is 0 Å². The highest BCUT2D eigenvalue weighted by molar-refractivity contribution is 7.92. The van der Waals surface area contributed by atoms with Crippen LogP contribution in [0, 0.1) is 22.7 Å². The lowest BCUT2D eigenvalue weighted by atomic mass is 10.1. The van der Waals surface area contributed by atoms with Crippen LogP contribution in [-0.4, -0.2) is 20.2 Å². The van der Waals surface area contributed by atoms with Crippen molar-refractivity contribution in [1.82, 2.24) is 0 Å². The first-order valence-electron chi connectivity index (χ1n) is 10.7. The molecule has 2 amide bonds. The molecule has 2 fully saturated rings. The van der Waals surface area contributed by atoms with Crippen LogP contribution < -0.4 is 15.4 Å². The molecule has 7 nitrogen and oxygen atoms in total. The number of hydrogen-bond acceptors (Lipinski definition) is 4. The molecule has 2 unspecified atom stereocenters. The highest BCUT2D eigenvalue weighted by atomic mass is 32.2. The van der Waals surface area contributed by atoms with Gasteiger partial charge >= 0.3 is 0 Å². The average Bonchev–Trinajstić information content (AvgIpc) is 3.56. The summed E-state index contributed by atoms with van der Waals surface area (Å²) in [5.41, 5.74) is 1.66. The summed E-state index contributed by atoms with van der Waals surface area (Å²) in [5, 5.41) is 5.71. The van der Waals surface area contributed by atoms with E-state index in [-0.39, 0.29) is 39.4 Å². The second kappa shape index (κ2) is 7.62. The van der Waals surface area contributed by atoms with Gasteiger partial charge < -0.3 is 10.6 Å². The molecule has 2 aliphatic carbocycles. The Morgan fingerprint density at radius 1 is 0.719 bits per heavy atom. The van der Waals surface area contributed by atoms with Gasteiger partial charge in [0.1, 0.15) is 0 Å². The van der Waals surface area contributed by atoms with Crippen LogP contribution in [0.15, 0.2) is 53.4 Å². The summed E-state index contributed by atoms with van der Waals surface area (Å²) in [5.74, 6) is -0.0396. The standard InChI is InChI=1S/C24H29N3O4S/c1-23(2)13-19(23)21(28)25-15-5-7-17(8-6-15)27-32(30,31)18-11-9-16(10-12-18)26-22(29)20-14-24(20,3)4/h5-12,19-20,27H,13-14H2,1-4H3,(H,25,28)(H,26,29). The molecule has 0 heterocycles. The third-order valence-corrected chi connectivity index (χ3v) is 7.89. The van der Waals surface area contributed by atoms with Crippen molar-refractivity contribution in [2.45, 2.75) is 45.4 Å². The van der Waals surface area contributed by atoms with Gasteiger partial charge in [0, 0.05) is 28.9 Å². The van der Waals surface area contributed by atoms with Gasteiger partial charge in [-0.1, -0.05) is 27.7 Å². The van der Waals surface area contributed by atoms with Gasteiger partial charge in [0.15, 0.2) is 0 Å². The molecule has 0 saturated heterocycles. The lowest BCUT2D eigenvalue weighted by molar-refractivity contribution is -0.118. The molecule has 0 aromatic heterocycles. The van der Waals surface area contributed by atoms with Crippen LogP contribution >= 0.6 is 0 Å². The van der Waals surface area contributed by atoms with Crippen molar-refractivity contribution < 1.29 is 18.0 Å². The van der Waals surface area contributed by atoms with Gasteiger partial charge in [0.2, 0.25) is 11.8 Å². The Hall–Kier alpha value is -2.87. The Morgan fingerprint density at radius 3 is 1.44 bits per heavy atom. The predicted octanol–water partition coefficient (Wildman–Crippen LogP) is 4.46. The molecular weight excluding hydrogens is 426 g/mol. The van der Waals surface area contributed by atoms with E-state index in [9.17, 15) is 18.0 Å². The number of amides is 2.